The van der Waals surface area contributed by atoms with E-state index in [-0.39, 0.29) is 10.8 Å². The van der Waals surface area contributed by atoms with E-state index in [1.807, 2.05) is 0 Å². The molecule has 1 aromatic rings. The van der Waals surface area contributed by atoms with E-state index in [4.69, 9.17) is 17.3 Å². The topological polar surface area (TPSA) is 29.3 Å². The van der Waals surface area contributed by atoms with Crippen LogP contribution < -0.4 is 10.6 Å². The first-order chi connectivity index (χ1) is 8.06. The van der Waals surface area contributed by atoms with Crippen LogP contribution in [0.4, 0.5) is 15.8 Å². The fourth-order valence-corrected chi connectivity index (χ4v) is 2.85. The highest BCUT2D eigenvalue weighted by Gasteiger charge is 2.32. The molecule has 0 aliphatic carbocycles. The first-order valence-corrected chi connectivity index (χ1v) is 6.45. The average Bonchev–Trinajstić information content (AvgIpc) is 2.67. The van der Waals surface area contributed by atoms with Crippen molar-refractivity contribution < 1.29 is 4.39 Å². The van der Waals surface area contributed by atoms with Crippen molar-refractivity contribution in [2.75, 3.05) is 10.6 Å². The number of halogens is 2. The van der Waals surface area contributed by atoms with Crippen molar-refractivity contribution in [2.45, 2.75) is 45.2 Å². The zero-order valence-corrected chi connectivity index (χ0v) is 11.0. The van der Waals surface area contributed by atoms with Crippen LogP contribution in [0.1, 0.15) is 33.1 Å². The lowest BCUT2D eigenvalue weighted by atomic mass is 10.1. The second-order valence-corrected chi connectivity index (χ2v) is 5.10. The quantitative estimate of drug-likeness (QED) is 0.815. The summed E-state index contributed by atoms with van der Waals surface area (Å²) in [5, 5.41) is 0.142. The first kappa shape index (κ1) is 12.5. The van der Waals surface area contributed by atoms with Crippen LogP contribution in [0.25, 0.3) is 0 Å². The van der Waals surface area contributed by atoms with Crippen molar-refractivity contribution in [3.63, 3.8) is 0 Å². The Bertz CT molecular complexity index is 422. The number of nitrogens with two attached hydrogens (primary N) is 1. The SMILES string of the molecule is CCC1CCC(C)N1c1c(N)ccc(Cl)c1F. The molecular weight excluding hydrogens is 239 g/mol. The third kappa shape index (κ3) is 2.08. The van der Waals surface area contributed by atoms with Gasteiger partial charge in [-0.15, -0.1) is 0 Å². The lowest BCUT2D eigenvalue weighted by Gasteiger charge is -2.31. The van der Waals surface area contributed by atoms with Crippen molar-refractivity contribution in [1.29, 1.82) is 0 Å². The molecule has 0 radical (unpaired) electrons. The minimum absolute atomic E-state index is 0.142. The van der Waals surface area contributed by atoms with Gasteiger partial charge in [0, 0.05) is 12.1 Å². The molecule has 1 heterocycles. The van der Waals surface area contributed by atoms with Gasteiger partial charge in [0.15, 0.2) is 5.82 Å². The van der Waals surface area contributed by atoms with E-state index in [1.54, 1.807) is 6.07 Å². The van der Waals surface area contributed by atoms with E-state index in [1.165, 1.54) is 6.07 Å². The van der Waals surface area contributed by atoms with Crippen molar-refractivity contribution in [1.82, 2.24) is 0 Å². The summed E-state index contributed by atoms with van der Waals surface area (Å²) < 4.78 is 14.1. The summed E-state index contributed by atoms with van der Waals surface area (Å²) >= 11 is 5.85. The standard InChI is InChI=1S/C13H18ClFN2/c1-3-9-5-4-8(2)17(9)13-11(16)7-6-10(14)12(13)15/h6-9H,3-5,16H2,1-2H3. The molecule has 0 aromatic heterocycles. The molecule has 2 nitrogen and oxygen atoms in total. The van der Waals surface area contributed by atoms with Gasteiger partial charge in [-0.3, -0.25) is 0 Å². The number of hydrogen-bond donors (Lipinski definition) is 1. The van der Waals surface area contributed by atoms with Gasteiger partial charge in [0.1, 0.15) is 0 Å². The molecule has 0 bridgehead atoms. The minimum atomic E-state index is -0.390. The van der Waals surface area contributed by atoms with Gasteiger partial charge in [-0.2, -0.15) is 0 Å². The Kier molecular flexibility index (Phi) is 3.48. The maximum atomic E-state index is 14.1. The van der Waals surface area contributed by atoms with Crippen LogP contribution in [0.15, 0.2) is 12.1 Å². The Morgan fingerprint density at radius 2 is 2.18 bits per heavy atom. The number of rotatable bonds is 2. The summed E-state index contributed by atoms with van der Waals surface area (Å²) in [6, 6.07) is 3.87. The molecule has 0 saturated carbocycles. The van der Waals surface area contributed by atoms with Crippen molar-refractivity contribution in [3.8, 4) is 0 Å². The van der Waals surface area contributed by atoms with Crippen molar-refractivity contribution >= 4 is 23.0 Å². The van der Waals surface area contributed by atoms with Gasteiger partial charge in [0.25, 0.3) is 0 Å². The predicted molar refractivity (Wildman–Crippen MR) is 71.1 cm³/mol. The van der Waals surface area contributed by atoms with E-state index >= 15 is 0 Å². The smallest absolute Gasteiger partial charge is 0.167 e. The molecule has 1 aromatic carbocycles. The van der Waals surface area contributed by atoms with E-state index in [2.05, 4.69) is 18.7 Å². The Labute approximate surface area is 107 Å². The van der Waals surface area contributed by atoms with Crippen LogP contribution in [0.3, 0.4) is 0 Å². The molecule has 94 valence electrons. The van der Waals surface area contributed by atoms with E-state index in [0.29, 0.717) is 23.5 Å². The molecular formula is C13H18ClFN2. The van der Waals surface area contributed by atoms with Crippen LogP contribution in [0.2, 0.25) is 5.02 Å². The fourth-order valence-electron chi connectivity index (χ4n) is 2.69. The Hall–Kier alpha value is -0.960. The Morgan fingerprint density at radius 3 is 2.82 bits per heavy atom. The van der Waals surface area contributed by atoms with Crippen molar-refractivity contribution in [3.05, 3.63) is 23.0 Å². The first-order valence-electron chi connectivity index (χ1n) is 6.08. The average molecular weight is 257 g/mol. The molecule has 1 saturated heterocycles. The molecule has 2 atom stereocenters. The van der Waals surface area contributed by atoms with Crippen molar-refractivity contribution in [2.24, 2.45) is 0 Å². The maximum absolute atomic E-state index is 14.1. The Balaban J connectivity index is 2.48. The van der Waals surface area contributed by atoms with Crippen LogP contribution in [-0.2, 0) is 0 Å². The number of nitrogen functional groups attached to an aromatic ring is 1. The van der Waals surface area contributed by atoms with Crippen LogP contribution in [-0.4, -0.2) is 12.1 Å². The molecule has 2 unspecified atom stereocenters. The van der Waals surface area contributed by atoms with Crippen LogP contribution >= 0.6 is 11.6 Å². The number of hydrogen-bond acceptors (Lipinski definition) is 2. The van der Waals surface area contributed by atoms with Gasteiger partial charge in [-0.25, -0.2) is 4.39 Å². The largest absolute Gasteiger partial charge is 0.397 e. The molecule has 0 spiro atoms. The number of benzene rings is 1. The summed E-state index contributed by atoms with van der Waals surface area (Å²) in [6.45, 7) is 4.23. The maximum Gasteiger partial charge on any atom is 0.167 e. The second-order valence-electron chi connectivity index (χ2n) is 4.69. The monoisotopic (exact) mass is 256 g/mol. The summed E-state index contributed by atoms with van der Waals surface area (Å²) in [5.41, 5.74) is 6.86. The second kappa shape index (κ2) is 4.73. The predicted octanol–water partition coefficient (Wildman–Crippen LogP) is 3.83. The fraction of sp³-hybridized carbons (Fsp3) is 0.538. The highest BCUT2D eigenvalue weighted by Crippen LogP contribution is 2.39. The van der Waals surface area contributed by atoms with E-state index < -0.39 is 0 Å². The van der Waals surface area contributed by atoms with E-state index in [0.717, 1.165) is 19.3 Å². The van der Waals surface area contributed by atoms with Gasteiger partial charge in [-0.1, -0.05) is 18.5 Å². The highest BCUT2D eigenvalue weighted by atomic mass is 35.5. The zero-order chi connectivity index (χ0) is 12.6. The molecule has 2 rings (SSSR count). The van der Waals surface area contributed by atoms with Gasteiger partial charge in [-0.05, 0) is 38.3 Å². The molecule has 1 aliphatic heterocycles. The molecule has 1 fully saturated rings. The molecule has 0 amide bonds. The van der Waals surface area contributed by atoms with Crippen LogP contribution in [0.5, 0.6) is 0 Å². The molecule has 2 N–H and O–H groups in total. The summed E-state index contributed by atoms with van der Waals surface area (Å²) in [6.07, 6.45) is 3.16. The molecule has 1 aliphatic rings. The Morgan fingerprint density at radius 1 is 1.47 bits per heavy atom. The lowest BCUT2D eigenvalue weighted by Crippen LogP contribution is -2.35. The summed E-state index contributed by atoms with van der Waals surface area (Å²) in [5.74, 6) is -0.390. The number of anilines is 2. The van der Waals surface area contributed by atoms with Gasteiger partial charge < -0.3 is 10.6 Å². The summed E-state index contributed by atoms with van der Waals surface area (Å²) in [7, 11) is 0. The minimum Gasteiger partial charge on any atom is -0.397 e. The van der Waals surface area contributed by atoms with E-state index in [9.17, 15) is 4.39 Å². The highest BCUT2D eigenvalue weighted by molar-refractivity contribution is 6.31. The molecule has 4 heteroatoms. The van der Waals surface area contributed by atoms with Crippen LogP contribution in [0, 0.1) is 5.82 Å². The third-order valence-electron chi connectivity index (χ3n) is 3.62. The zero-order valence-electron chi connectivity index (χ0n) is 10.2. The van der Waals surface area contributed by atoms with Gasteiger partial charge in [0.2, 0.25) is 0 Å². The summed E-state index contributed by atoms with van der Waals surface area (Å²) in [4.78, 5) is 2.09. The van der Waals surface area contributed by atoms with Gasteiger partial charge >= 0.3 is 0 Å². The number of nitrogens with zero attached hydrogens (tertiary/aromatic N) is 1. The lowest BCUT2D eigenvalue weighted by molar-refractivity contribution is 0.583. The third-order valence-corrected chi connectivity index (χ3v) is 3.91. The van der Waals surface area contributed by atoms with Gasteiger partial charge in [0.05, 0.1) is 16.4 Å². The molecule has 17 heavy (non-hydrogen) atoms. The normalized spacial score (nSPS) is 24.4.